The highest BCUT2D eigenvalue weighted by Crippen LogP contribution is 2.55. The lowest BCUT2D eigenvalue weighted by molar-refractivity contribution is -0.277. The van der Waals surface area contributed by atoms with Crippen LogP contribution in [0.1, 0.15) is 32.1 Å². The number of ether oxygens (including phenoxy) is 1. The van der Waals surface area contributed by atoms with E-state index in [0.29, 0.717) is 42.4 Å². The van der Waals surface area contributed by atoms with E-state index in [0.717, 1.165) is 30.5 Å². The van der Waals surface area contributed by atoms with Gasteiger partial charge in [-0.05, 0) is 25.3 Å². The van der Waals surface area contributed by atoms with Gasteiger partial charge in [0.05, 0.1) is 35.9 Å². The van der Waals surface area contributed by atoms with E-state index in [1.54, 1.807) is 12.4 Å². The van der Waals surface area contributed by atoms with Gasteiger partial charge in [0.1, 0.15) is 5.69 Å². The molecule has 3 aromatic heterocycles. The predicted octanol–water partition coefficient (Wildman–Crippen LogP) is 3.31. The molecule has 0 bridgehead atoms. The number of pyridine rings is 1. The molecular weight excluding hydrogens is 479 g/mol. The number of rotatable bonds is 4. The summed E-state index contributed by atoms with van der Waals surface area (Å²) in [4.78, 5) is 19.1. The molecule has 192 valence electrons. The number of nitrogens with zero attached hydrogens (tertiary/aromatic N) is 5. The van der Waals surface area contributed by atoms with Crippen molar-refractivity contribution in [3.05, 3.63) is 24.7 Å². The number of piperidine rings is 1. The monoisotopic (exact) mass is 505 g/mol. The number of nitrogens with one attached hydrogen (secondary N) is 2. The highest BCUT2D eigenvalue weighted by Gasteiger charge is 2.65. The average molecular weight is 506 g/mol. The van der Waals surface area contributed by atoms with Crippen LogP contribution in [0.3, 0.4) is 0 Å². The summed E-state index contributed by atoms with van der Waals surface area (Å²) in [7, 11) is 0. The quantitative estimate of drug-likeness (QED) is 0.500. The molecular formula is C23H26F3N7O3. The highest BCUT2D eigenvalue weighted by molar-refractivity contribution is 5.94. The normalized spacial score (nSPS) is 25.6. The number of H-pyrrole nitrogens is 1. The number of hydrogen-bond donors (Lipinski definition) is 3. The number of alkyl halides is 3. The zero-order valence-corrected chi connectivity index (χ0v) is 19.4. The Labute approximate surface area is 203 Å². The van der Waals surface area contributed by atoms with Crippen LogP contribution in [0.4, 0.5) is 23.7 Å². The lowest BCUT2D eigenvalue weighted by Crippen LogP contribution is -2.60. The molecule has 3 aromatic rings. The summed E-state index contributed by atoms with van der Waals surface area (Å²) in [5, 5.41) is 25.3. The number of fused-ring (bicyclic) bond motifs is 1. The Morgan fingerprint density at radius 1 is 1.28 bits per heavy atom. The molecule has 36 heavy (non-hydrogen) atoms. The summed E-state index contributed by atoms with van der Waals surface area (Å²) < 4.78 is 47.6. The maximum Gasteiger partial charge on any atom is 0.417 e. The van der Waals surface area contributed by atoms with E-state index in [1.165, 1.54) is 11.1 Å². The largest absolute Gasteiger partial charge is 0.417 e. The third-order valence-corrected chi connectivity index (χ3v) is 7.66. The number of hydrogen-bond acceptors (Lipinski definition) is 6. The molecule has 5 heterocycles. The number of likely N-dealkylation sites (tertiary alicyclic amines) is 1. The maximum atomic E-state index is 13.4. The first kappa shape index (κ1) is 23.2. The molecule has 0 aromatic carbocycles. The molecule has 3 fully saturated rings. The average Bonchev–Trinajstić information content (AvgIpc) is 3.22. The summed E-state index contributed by atoms with van der Waals surface area (Å²) in [5.41, 5.74) is -1.47. The smallest absolute Gasteiger partial charge is 0.381 e. The fraction of sp³-hybridized carbons (Fsp3) is 0.565. The van der Waals surface area contributed by atoms with Crippen molar-refractivity contribution in [1.29, 1.82) is 0 Å². The Morgan fingerprint density at radius 3 is 2.83 bits per heavy atom. The van der Waals surface area contributed by atoms with Gasteiger partial charge in [0.25, 0.3) is 0 Å². The number of carbonyl (C=O) groups is 1. The minimum absolute atomic E-state index is 0.191. The molecule has 1 spiro atoms. The van der Waals surface area contributed by atoms with E-state index in [4.69, 9.17) is 4.74 Å². The molecule has 0 unspecified atom stereocenters. The Hall–Kier alpha value is -3.19. The van der Waals surface area contributed by atoms with E-state index in [9.17, 15) is 23.1 Å². The molecule has 3 N–H and O–H groups in total. The van der Waals surface area contributed by atoms with Crippen molar-refractivity contribution in [2.24, 2.45) is 5.92 Å². The van der Waals surface area contributed by atoms with Gasteiger partial charge < -0.3 is 20.1 Å². The number of urea groups is 1. The number of aromatic amines is 1. The summed E-state index contributed by atoms with van der Waals surface area (Å²) in [5.74, 6) is 0.390. The fourth-order valence-corrected chi connectivity index (χ4v) is 5.40. The van der Waals surface area contributed by atoms with Crippen LogP contribution in [0.25, 0.3) is 22.3 Å². The molecule has 0 radical (unpaired) electrons. The maximum absolute atomic E-state index is 13.4. The Kier molecular flexibility index (Phi) is 5.27. The second-order valence-electron chi connectivity index (χ2n) is 10.1. The number of aromatic nitrogens is 5. The van der Waals surface area contributed by atoms with Crippen LogP contribution in [-0.2, 0) is 11.3 Å². The molecule has 13 heteroatoms. The van der Waals surface area contributed by atoms with Crippen molar-refractivity contribution in [1.82, 2.24) is 29.9 Å². The van der Waals surface area contributed by atoms with E-state index in [2.05, 4.69) is 25.6 Å². The topological polar surface area (TPSA) is 121 Å². The molecule has 6 rings (SSSR count). The van der Waals surface area contributed by atoms with E-state index < -0.39 is 36.2 Å². The van der Waals surface area contributed by atoms with Crippen LogP contribution >= 0.6 is 0 Å². The molecule has 1 aliphatic carbocycles. The summed E-state index contributed by atoms with van der Waals surface area (Å²) in [6, 6.07) is 1.35. The first-order valence-corrected chi connectivity index (χ1v) is 12.0. The zero-order chi connectivity index (χ0) is 25.1. The molecule has 2 saturated heterocycles. The second-order valence-corrected chi connectivity index (χ2v) is 10.1. The molecule has 1 saturated carbocycles. The Balaban J connectivity index is 1.22. The van der Waals surface area contributed by atoms with Crippen LogP contribution < -0.4 is 5.32 Å². The first-order valence-electron chi connectivity index (χ1n) is 12.0. The van der Waals surface area contributed by atoms with Gasteiger partial charge in [0, 0.05) is 55.6 Å². The molecule has 2 aliphatic heterocycles. The number of carbonyl (C=O) groups excluding carboxylic acids is 1. The molecule has 2 atom stereocenters. The minimum atomic E-state index is -4.73. The highest BCUT2D eigenvalue weighted by atomic mass is 19.4. The minimum Gasteiger partial charge on any atom is -0.381 e. The summed E-state index contributed by atoms with van der Waals surface area (Å²) in [6.45, 7) is 1.99. The lowest BCUT2D eigenvalue weighted by atomic mass is 9.84. The Bertz CT molecular complexity index is 1300. The third kappa shape index (κ3) is 3.90. The molecule has 10 nitrogen and oxygen atoms in total. The van der Waals surface area contributed by atoms with Crippen LogP contribution in [0.2, 0.25) is 0 Å². The van der Waals surface area contributed by atoms with Gasteiger partial charge in [0.2, 0.25) is 0 Å². The van der Waals surface area contributed by atoms with Gasteiger partial charge in [-0.3, -0.25) is 14.8 Å². The number of anilines is 1. The van der Waals surface area contributed by atoms with E-state index in [1.807, 2.05) is 10.7 Å². The Morgan fingerprint density at radius 2 is 2.11 bits per heavy atom. The summed E-state index contributed by atoms with van der Waals surface area (Å²) >= 11 is 0. The van der Waals surface area contributed by atoms with Crippen LogP contribution in [0.15, 0.2) is 24.7 Å². The number of amides is 2. The van der Waals surface area contributed by atoms with Crippen molar-refractivity contribution >= 4 is 22.6 Å². The SMILES string of the molecule is O=C(Nc1cn[nH]c1-c1cc2c(cn1)cnn2C[C@H]1CCOC1)N1CC[C@](O)(C(F)(F)F)CC12CC2. The van der Waals surface area contributed by atoms with Gasteiger partial charge in [0.15, 0.2) is 5.60 Å². The van der Waals surface area contributed by atoms with Crippen LogP contribution in [0, 0.1) is 5.92 Å². The van der Waals surface area contributed by atoms with Crippen molar-refractivity contribution < 1.29 is 27.8 Å². The first-order chi connectivity index (χ1) is 17.2. The lowest BCUT2D eigenvalue weighted by Gasteiger charge is -2.45. The van der Waals surface area contributed by atoms with Gasteiger partial charge >= 0.3 is 12.2 Å². The second kappa shape index (κ2) is 8.17. The standard InChI is InChI=1S/C23H26F3N7O3/c24-23(25,26)22(35)4-5-32(21(13-22)2-3-21)20(34)30-17-10-28-31-19(17)16-7-18-15(8-27-16)9-29-33(18)11-14-1-6-36-12-14/h7-10,14,35H,1-6,11-13H2,(H,28,31)(H,30,34)/t14-,22-/m1/s1. The molecule has 3 aliphatic rings. The summed E-state index contributed by atoms with van der Waals surface area (Å²) in [6.07, 6.45) is 0.928. The molecule has 2 amide bonds. The van der Waals surface area contributed by atoms with Gasteiger partial charge in [-0.2, -0.15) is 23.4 Å². The van der Waals surface area contributed by atoms with Crippen molar-refractivity contribution in [3.8, 4) is 11.4 Å². The van der Waals surface area contributed by atoms with Gasteiger partial charge in [-0.1, -0.05) is 0 Å². The fourth-order valence-electron chi connectivity index (χ4n) is 5.40. The van der Waals surface area contributed by atoms with E-state index in [-0.39, 0.29) is 6.54 Å². The third-order valence-electron chi connectivity index (χ3n) is 7.66. The van der Waals surface area contributed by atoms with Crippen LogP contribution in [-0.4, -0.2) is 78.1 Å². The number of halogens is 3. The van der Waals surface area contributed by atoms with Crippen molar-refractivity contribution in [3.63, 3.8) is 0 Å². The number of aliphatic hydroxyl groups is 1. The van der Waals surface area contributed by atoms with Gasteiger partial charge in [-0.25, -0.2) is 4.79 Å². The van der Waals surface area contributed by atoms with Crippen LogP contribution in [0.5, 0.6) is 0 Å². The van der Waals surface area contributed by atoms with Crippen molar-refractivity contribution in [2.45, 2.75) is 56.0 Å². The van der Waals surface area contributed by atoms with Crippen molar-refractivity contribution in [2.75, 3.05) is 25.1 Å². The predicted molar refractivity (Wildman–Crippen MR) is 122 cm³/mol. The zero-order valence-electron chi connectivity index (χ0n) is 19.4. The van der Waals surface area contributed by atoms with Gasteiger partial charge in [-0.15, -0.1) is 0 Å². The van der Waals surface area contributed by atoms with E-state index >= 15 is 0 Å².